The summed E-state index contributed by atoms with van der Waals surface area (Å²) in [6, 6.07) is 9.91. The molecule has 3 N–H and O–H groups in total. The Morgan fingerprint density at radius 2 is 1.95 bits per heavy atom. The molecule has 1 heterocycles. The lowest BCUT2D eigenvalue weighted by Crippen LogP contribution is -2.09. The molecule has 1 unspecified atom stereocenters. The molecule has 4 nitrogen and oxygen atoms in total. The first kappa shape index (κ1) is 14.1. The van der Waals surface area contributed by atoms with E-state index < -0.39 is 0 Å². The summed E-state index contributed by atoms with van der Waals surface area (Å²) in [6.45, 7) is 4.36. The van der Waals surface area contributed by atoms with Crippen molar-refractivity contribution in [1.82, 2.24) is 4.98 Å². The molecule has 0 spiro atoms. The van der Waals surface area contributed by atoms with Crippen molar-refractivity contribution < 1.29 is 9.13 Å². The fourth-order valence-electron chi connectivity index (χ4n) is 1.84. The molecule has 0 saturated carbocycles. The molecule has 0 aliphatic rings. The first-order valence-electron chi connectivity index (χ1n) is 6.51. The van der Waals surface area contributed by atoms with Gasteiger partial charge in [0.2, 0.25) is 5.88 Å². The van der Waals surface area contributed by atoms with Crippen LogP contribution in [0, 0.1) is 5.82 Å². The van der Waals surface area contributed by atoms with Crippen LogP contribution in [0.3, 0.4) is 0 Å². The Hall–Kier alpha value is -2.30. The predicted octanol–water partition coefficient (Wildman–Crippen LogP) is 3.37. The number of nitrogens with zero attached hydrogens (tertiary/aromatic N) is 1. The number of pyridine rings is 1. The number of hydrogen-bond donors (Lipinski definition) is 2. The van der Waals surface area contributed by atoms with Crippen LogP contribution in [-0.4, -0.2) is 11.6 Å². The predicted molar refractivity (Wildman–Crippen MR) is 78.3 cm³/mol. The van der Waals surface area contributed by atoms with E-state index in [-0.39, 0.29) is 11.9 Å². The van der Waals surface area contributed by atoms with Crippen molar-refractivity contribution in [1.29, 1.82) is 0 Å². The first-order chi connectivity index (χ1) is 9.60. The summed E-state index contributed by atoms with van der Waals surface area (Å²) in [5.74, 6) is 0.841. The van der Waals surface area contributed by atoms with Crippen LogP contribution in [0.25, 0.3) is 0 Å². The highest BCUT2D eigenvalue weighted by Crippen LogP contribution is 2.24. The molecule has 1 atom stereocenters. The van der Waals surface area contributed by atoms with Gasteiger partial charge in [-0.15, -0.1) is 0 Å². The normalized spacial score (nSPS) is 11.9. The molecule has 0 radical (unpaired) electrons. The molecule has 106 valence electrons. The van der Waals surface area contributed by atoms with Gasteiger partial charge in [-0.1, -0.05) is 12.1 Å². The van der Waals surface area contributed by atoms with Gasteiger partial charge in [0.25, 0.3) is 0 Å². The fourth-order valence-corrected chi connectivity index (χ4v) is 1.84. The smallest absolute Gasteiger partial charge is 0.239 e. The Bertz CT molecular complexity index is 572. The number of anilines is 2. The molecule has 5 heteroatoms. The number of nitrogens with two attached hydrogens (primary N) is 1. The van der Waals surface area contributed by atoms with Crippen LogP contribution in [0.2, 0.25) is 0 Å². The highest BCUT2D eigenvalue weighted by atomic mass is 19.1. The van der Waals surface area contributed by atoms with Gasteiger partial charge in [0.15, 0.2) is 0 Å². The van der Waals surface area contributed by atoms with Gasteiger partial charge in [-0.25, -0.2) is 4.39 Å². The summed E-state index contributed by atoms with van der Waals surface area (Å²) in [6.07, 6.45) is 0. The molecular weight excluding hydrogens is 257 g/mol. The second kappa shape index (κ2) is 6.23. The van der Waals surface area contributed by atoms with Crippen LogP contribution in [0.1, 0.15) is 25.5 Å². The Labute approximate surface area is 117 Å². The molecule has 0 saturated heterocycles. The van der Waals surface area contributed by atoms with Crippen molar-refractivity contribution in [2.45, 2.75) is 19.9 Å². The standard InChI is InChI=1S/C15H18FN3O/c1-3-20-15-13(17)8-9-14(19-15)18-10(2)11-4-6-12(16)7-5-11/h4-10H,3,17H2,1-2H3,(H,18,19). The fraction of sp³-hybridized carbons (Fsp3) is 0.267. The molecular formula is C15H18FN3O. The average Bonchev–Trinajstić information content (AvgIpc) is 2.43. The van der Waals surface area contributed by atoms with Gasteiger partial charge in [-0.3, -0.25) is 0 Å². The highest BCUT2D eigenvalue weighted by Gasteiger charge is 2.08. The van der Waals surface area contributed by atoms with E-state index >= 15 is 0 Å². The molecule has 1 aromatic heterocycles. The molecule has 0 aliphatic carbocycles. The molecule has 20 heavy (non-hydrogen) atoms. The van der Waals surface area contributed by atoms with E-state index in [1.807, 2.05) is 13.8 Å². The lowest BCUT2D eigenvalue weighted by Gasteiger charge is -2.16. The highest BCUT2D eigenvalue weighted by molar-refractivity contribution is 5.54. The van der Waals surface area contributed by atoms with Crippen LogP contribution in [0.4, 0.5) is 15.9 Å². The van der Waals surface area contributed by atoms with E-state index in [1.165, 1.54) is 12.1 Å². The number of nitrogen functional groups attached to an aromatic ring is 1. The van der Waals surface area contributed by atoms with Crippen molar-refractivity contribution in [3.63, 3.8) is 0 Å². The minimum atomic E-state index is -0.245. The molecule has 0 aliphatic heterocycles. The number of ether oxygens (including phenoxy) is 1. The second-order valence-corrected chi connectivity index (χ2v) is 4.44. The number of halogens is 1. The van der Waals surface area contributed by atoms with Crippen LogP contribution in [0.5, 0.6) is 5.88 Å². The largest absolute Gasteiger partial charge is 0.476 e. The van der Waals surface area contributed by atoms with Crippen LogP contribution >= 0.6 is 0 Å². The van der Waals surface area contributed by atoms with E-state index in [1.54, 1.807) is 24.3 Å². The number of hydrogen-bond acceptors (Lipinski definition) is 4. The van der Waals surface area contributed by atoms with Crippen molar-refractivity contribution in [3.05, 3.63) is 47.8 Å². The first-order valence-corrected chi connectivity index (χ1v) is 6.51. The molecule has 2 aromatic rings. The zero-order chi connectivity index (χ0) is 14.5. The van der Waals surface area contributed by atoms with E-state index in [0.29, 0.717) is 24.0 Å². The van der Waals surface area contributed by atoms with Gasteiger partial charge >= 0.3 is 0 Å². The lowest BCUT2D eigenvalue weighted by molar-refractivity contribution is 0.329. The summed E-state index contributed by atoms with van der Waals surface area (Å²) >= 11 is 0. The van der Waals surface area contributed by atoms with Gasteiger partial charge in [0, 0.05) is 6.04 Å². The molecule has 1 aromatic carbocycles. The summed E-state index contributed by atoms with van der Waals surface area (Å²) in [7, 11) is 0. The molecule has 2 rings (SSSR count). The van der Waals surface area contributed by atoms with Crippen LogP contribution in [0.15, 0.2) is 36.4 Å². The lowest BCUT2D eigenvalue weighted by atomic mass is 10.1. The third-order valence-electron chi connectivity index (χ3n) is 2.91. The topological polar surface area (TPSA) is 60.2 Å². The number of nitrogens with one attached hydrogen (secondary N) is 1. The van der Waals surface area contributed by atoms with Gasteiger partial charge in [-0.2, -0.15) is 4.98 Å². The maximum absolute atomic E-state index is 12.9. The summed E-state index contributed by atoms with van der Waals surface area (Å²) in [4.78, 5) is 4.31. The minimum absolute atomic E-state index is 0.00111. The van der Waals surface area contributed by atoms with Crippen LogP contribution in [-0.2, 0) is 0 Å². The summed E-state index contributed by atoms with van der Waals surface area (Å²) in [5, 5.41) is 3.23. The van der Waals surface area contributed by atoms with Crippen molar-refractivity contribution in [2.24, 2.45) is 0 Å². The number of rotatable bonds is 5. The van der Waals surface area contributed by atoms with Crippen LogP contribution < -0.4 is 15.8 Å². The summed E-state index contributed by atoms with van der Waals surface area (Å²) < 4.78 is 18.3. The summed E-state index contributed by atoms with van der Waals surface area (Å²) in [5.41, 5.74) is 7.26. The molecule has 0 bridgehead atoms. The number of benzene rings is 1. The monoisotopic (exact) mass is 275 g/mol. The van der Waals surface area contributed by atoms with E-state index in [2.05, 4.69) is 10.3 Å². The van der Waals surface area contributed by atoms with Crippen molar-refractivity contribution >= 4 is 11.5 Å². The van der Waals surface area contributed by atoms with Crippen molar-refractivity contribution in [2.75, 3.05) is 17.7 Å². The maximum Gasteiger partial charge on any atom is 0.239 e. The van der Waals surface area contributed by atoms with Gasteiger partial charge in [-0.05, 0) is 43.7 Å². The van der Waals surface area contributed by atoms with Crippen molar-refractivity contribution in [3.8, 4) is 5.88 Å². The third-order valence-corrected chi connectivity index (χ3v) is 2.91. The van der Waals surface area contributed by atoms with Gasteiger partial charge in [0.05, 0.1) is 12.3 Å². The van der Waals surface area contributed by atoms with Gasteiger partial charge < -0.3 is 15.8 Å². The average molecular weight is 275 g/mol. The minimum Gasteiger partial charge on any atom is -0.476 e. The van der Waals surface area contributed by atoms with E-state index in [0.717, 1.165) is 5.56 Å². The second-order valence-electron chi connectivity index (χ2n) is 4.44. The Kier molecular flexibility index (Phi) is 4.40. The zero-order valence-electron chi connectivity index (χ0n) is 11.6. The Morgan fingerprint density at radius 1 is 1.25 bits per heavy atom. The Morgan fingerprint density at radius 3 is 2.60 bits per heavy atom. The third kappa shape index (κ3) is 3.38. The molecule has 0 amide bonds. The van der Waals surface area contributed by atoms with E-state index in [9.17, 15) is 4.39 Å². The quantitative estimate of drug-likeness (QED) is 0.878. The van der Waals surface area contributed by atoms with E-state index in [4.69, 9.17) is 10.5 Å². The number of aromatic nitrogens is 1. The molecule has 0 fully saturated rings. The Balaban J connectivity index is 2.13. The maximum atomic E-state index is 12.9. The zero-order valence-corrected chi connectivity index (χ0v) is 11.6. The van der Waals surface area contributed by atoms with Gasteiger partial charge in [0.1, 0.15) is 11.6 Å². The SMILES string of the molecule is CCOc1nc(NC(C)c2ccc(F)cc2)ccc1N.